The zero-order chi connectivity index (χ0) is 43.5. The molecule has 1 aliphatic rings. The Morgan fingerprint density at radius 1 is 0.308 bits per heavy atom. The molecule has 0 radical (unpaired) electrons. The SMILES string of the molecule is CC1(C)c2cc(N(c3ccccc3)c3ccc4c(c3)oc3cc(N(c5ccccc5)c5ccccc5)ccc34)ccc2-c2ccc(N(c3ccccc3)c3cccc4ccccc34)cc21. The summed E-state index contributed by atoms with van der Waals surface area (Å²) in [6.45, 7) is 4.74. The molecule has 0 N–H and O–H groups in total. The van der Waals surface area contributed by atoms with Crippen molar-refractivity contribution in [1.29, 1.82) is 0 Å². The van der Waals surface area contributed by atoms with E-state index >= 15 is 0 Å². The van der Waals surface area contributed by atoms with E-state index < -0.39 is 0 Å². The van der Waals surface area contributed by atoms with Gasteiger partial charge in [-0.15, -0.1) is 0 Å². The van der Waals surface area contributed by atoms with E-state index in [1.807, 2.05) is 0 Å². The van der Waals surface area contributed by atoms with Crippen molar-refractivity contribution in [2.75, 3.05) is 14.7 Å². The average molecular weight is 836 g/mol. The predicted octanol–water partition coefficient (Wildman–Crippen LogP) is 17.5. The predicted molar refractivity (Wildman–Crippen MR) is 273 cm³/mol. The summed E-state index contributed by atoms with van der Waals surface area (Å²) in [6, 6.07) is 84.8. The smallest absolute Gasteiger partial charge is 0.137 e. The van der Waals surface area contributed by atoms with E-state index in [9.17, 15) is 0 Å². The van der Waals surface area contributed by atoms with Gasteiger partial charge in [-0.2, -0.15) is 0 Å². The minimum absolute atomic E-state index is 0.270. The normalized spacial score (nSPS) is 12.6. The summed E-state index contributed by atoms with van der Waals surface area (Å²) >= 11 is 0. The molecule has 12 rings (SSSR count). The maximum absolute atomic E-state index is 6.79. The maximum Gasteiger partial charge on any atom is 0.137 e. The molecule has 0 atom stereocenters. The fraction of sp³-hybridized carbons (Fsp3) is 0.0492. The van der Waals surface area contributed by atoms with Gasteiger partial charge in [0.2, 0.25) is 0 Å². The van der Waals surface area contributed by atoms with Crippen LogP contribution in [0.2, 0.25) is 0 Å². The quantitative estimate of drug-likeness (QED) is 0.144. The highest BCUT2D eigenvalue weighted by Crippen LogP contribution is 2.53. The van der Waals surface area contributed by atoms with Crippen molar-refractivity contribution in [2.45, 2.75) is 19.3 Å². The number of rotatable bonds is 9. The average Bonchev–Trinajstić information content (AvgIpc) is 3.83. The number of benzene rings is 10. The molecule has 310 valence electrons. The molecule has 65 heavy (non-hydrogen) atoms. The number of hydrogen-bond donors (Lipinski definition) is 0. The number of anilines is 9. The van der Waals surface area contributed by atoms with Crippen molar-refractivity contribution in [3.63, 3.8) is 0 Å². The monoisotopic (exact) mass is 835 g/mol. The van der Waals surface area contributed by atoms with Crippen LogP contribution >= 0.6 is 0 Å². The van der Waals surface area contributed by atoms with Gasteiger partial charge in [0, 0.05) is 79.2 Å². The van der Waals surface area contributed by atoms with Crippen LogP contribution in [-0.4, -0.2) is 0 Å². The fourth-order valence-corrected chi connectivity index (χ4v) is 10.1. The topological polar surface area (TPSA) is 22.9 Å². The van der Waals surface area contributed by atoms with E-state index in [0.29, 0.717) is 0 Å². The Morgan fingerprint density at radius 3 is 1.20 bits per heavy atom. The van der Waals surface area contributed by atoms with Crippen LogP contribution in [0.5, 0.6) is 0 Å². The lowest BCUT2D eigenvalue weighted by atomic mass is 9.82. The van der Waals surface area contributed by atoms with Crippen LogP contribution < -0.4 is 14.7 Å². The van der Waals surface area contributed by atoms with Gasteiger partial charge in [-0.1, -0.05) is 135 Å². The summed E-state index contributed by atoms with van der Waals surface area (Å²) in [5.74, 6) is 0. The zero-order valence-corrected chi connectivity index (χ0v) is 36.3. The molecule has 0 spiro atoms. The molecule has 0 bridgehead atoms. The third-order valence-corrected chi connectivity index (χ3v) is 13.2. The number of fused-ring (bicyclic) bond motifs is 7. The summed E-state index contributed by atoms with van der Waals surface area (Å²) in [4.78, 5) is 7.03. The highest BCUT2D eigenvalue weighted by molar-refractivity contribution is 6.07. The van der Waals surface area contributed by atoms with Crippen molar-refractivity contribution >= 4 is 83.9 Å². The molecule has 0 aliphatic heterocycles. The first-order valence-corrected chi connectivity index (χ1v) is 22.3. The summed E-state index contributed by atoms with van der Waals surface area (Å²) in [5, 5.41) is 4.61. The van der Waals surface area contributed by atoms with E-state index in [-0.39, 0.29) is 5.41 Å². The summed E-state index contributed by atoms with van der Waals surface area (Å²) < 4.78 is 6.79. The minimum Gasteiger partial charge on any atom is -0.456 e. The van der Waals surface area contributed by atoms with Gasteiger partial charge in [0.15, 0.2) is 0 Å². The number of para-hydroxylation sites is 4. The molecule has 11 aromatic rings. The zero-order valence-electron chi connectivity index (χ0n) is 36.3. The van der Waals surface area contributed by atoms with Crippen LogP contribution in [0.3, 0.4) is 0 Å². The highest BCUT2D eigenvalue weighted by Gasteiger charge is 2.37. The molecule has 1 heterocycles. The Balaban J connectivity index is 0.938. The van der Waals surface area contributed by atoms with Gasteiger partial charge in [-0.25, -0.2) is 0 Å². The molecule has 0 saturated heterocycles. The molecule has 0 saturated carbocycles. The van der Waals surface area contributed by atoms with Crippen LogP contribution in [0.25, 0.3) is 43.8 Å². The van der Waals surface area contributed by atoms with Crippen LogP contribution in [0.1, 0.15) is 25.0 Å². The standard InChI is InChI=1S/C61H45N3O/c1-61(2)56-38-47(30-34-52(56)53-35-31-48(39-57(53)61)64(46-26-13-6-14-27-46)58-29-17-19-42-18-15-16-28-51(42)58)63(45-24-11-5-12-25-45)50-33-37-55-54-36-32-49(40-59(54)65-60(55)41-50)62(43-20-7-3-8-21-43)44-22-9-4-10-23-44/h3-41H,1-2H3. The Morgan fingerprint density at radius 2 is 0.692 bits per heavy atom. The van der Waals surface area contributed by atoms with E-state index in [4.69, 9.17) is 4.42 Å². The van der Waals surface area contributed by atoms with Gasteiger partial charge in [-0.3, -0.25) is 0 Å². The van der Waals surface area contributed by atoms with Gasteiger partial charge >= 0.3 is 0 Å². The van der Waals surface area contributed by atoms with Gasteiger partial charge in [0.1, 0.15) is 11.2 Å². The fourth-order valence-electron chi connectivity index (χ4n) is 10.1. The van der Waals surface area contributed by atoms with Crippen LogP contribution in [0.4, 0.5) is 51.2 Å². The largest absolute Gasteiger partial charge is 0.456 e. The lowest BCUT2D eigenvalue weighted by Crippen LogP contribution is -2.17. The van der Waals surface area contributed by atoms with Crippen LogP contribution in [0, 0.1) is 0 Å². The second-order valence-electron chi connectivity index (χ2n) is 17.4. The second-order valence-corrected chi connectivity index (χ2v) is 17.4. The first-order valence-electron chi connectivity index (χ1n) is 22.3. The molecule has 10 aromatic carbocycles. The van der Waals surface area contributed by atoms with E-state index in [2.05, 4.69) is 265 Å². The van der Waals surface area contributed by atoms with Gasteiger partial charge in [0.25, 0.3) is 0 Å². The van der Waals surface area contributed by atoms with E-state index in [1.54, 1.807) is 0 Å². The van der Waals surface area contributed by atoms with Gasteiger partial charge in [0.05, 0.1) is 5.69 Å². The Kier molecular flexibility index (Phi) is 9.13. The molecule has 4 heteroatoms. The molecule has 0 fully saturated rings. The van der Waals surface area contributed by atoms with Crippen molar-refractivity contribution in [3.05, 3.63) is 248 Å². The highest BCUT2D eigenvalue weighted by atomic mass is 16.3. The van der Waals surface area contributed by atoms with Crippen molar-refractivity contribution in [3.8, 4) is 11.1 Å². The molecule has 1 aliphatic carbocycles. The Hall–Kier alpha value is -8.34. The molecular weight excluding hydrogens is 791 g/mol. The first-order chi connectivity index (χ1) is 32.0. The summed E-state index contributed by atoms with van der Waals surface area (Å²) in [5.41, 5.74) is 16.4. The lowest BCUT2D eigenvalue weighted by Gasteiger charge is -2.29. The van der Waals surface area contributed by atoms with Gasteiger partial charge < -0.3 is 19.1 Å². The van der Waals surface area contributed by atoms with Crippen molar-refractivity contribution in [1.82, 2.24) is 0 Å². The number of hydrogen-bond acceptors (Lipinski definition) is 4. The number of furan rings is 1. The van der Waals surface area contributed by atoms with Gasteiger partial charge in [-0.05, 0) is 131 Å². The molecule has 4 nitrogen and oxygen atoms in total. The third-order valence-electron chi connectivity index (χ3n) is 13.2. The Labute approximate surface area is 379 Å². The van der Waals surface area contributed by atoms with Crippen LogP contribution in [0.15, 0.2) is 241 Å². The van der Waals surface area contributed by atoms with E-state index in [1.165, 1.54) is 33.0 Å². The molecule has 1 aromatic heterocycles. The van der Waals surface area contributed by atoms with Crippen LogP contribution in [-0.2, 0) is 5.41 Å². The lowest BCUT2D eigenvalue weighted by molar-refractivity contribution is 0.660. The second kappa shape index (κ2) is 15.5. The first kappa shape index (κ1) is 38.3. The van der Waals surface area contributed by atoms with Crippen molar-refractivity contribution < 1.29 is 4.42 Å². The minimum atomic E-state index is -0.270. The Bertz CT molecular complexity index is 3480. The third kappa shape index (κ3) is 6.53. The summed E-state index contributed by atoms with van der Waals surface area (Å²) in [6.07, 6.45) is 0. The number of nitrogens with zero attached hydrogens (tertiary/aromatic N) is 3. The molecule has 0 unspecified atom stereocenters. The summed E-state index contributed by atoms with van der Waals surface area (Å²) in [7, 11) is 0. The maximum atomic E-state index is 6.79. The molecular formula is C61H45N3O. The van der Waals surface area contributed by atoms with Crippen molar-refractivity contribution in [2.24, 2.45) is 0 Å². The van der Waals surface area contributed by atoms with E-state index in [0.717, 1.165) is 73.1 Å². The molecule has 0 amide bonds.